The second-order valence-corrected chi connectivity index (χ2v) is 4.33. The number of aromatic nitrogens is 2. The van der Waals surface area contributed by atoms with Crippen LogP contribution in [0, 0.1) is 5.82 Å². The number of hydrogen-bond donors (Lipinski definition) is 1. The Hall–Kier alpha value is -2.17. The van der Waals surface area contributed by atoms with E-state index in [-0.39, 0.29) is 5.56 Å². The van der Waals surface area contributed by atoms with Crippen molar-refractivity contribution in [3.63, 3.8) is 0 Å². The first-order chi connectivity index (χ1) is 9.11. The van der Waals surface area contributed by atoms with Crippen LogP contribution in [0.4, 0.5) is 4.39 Å². The molecule has 1 aromatic heterocycles. The molecule has 0 bridgehead atoms. The molecule has 0 spiro atoms. The summed E-state index contributed by atoms with van der Waals surface area (Å²) in [6, 6.07) is 3.83. The van der Waals surface area contributed by atoms with Crippen LogP contribution in [0.15, 0.2) is 30.6 Å². The Kier molecular flexibility index (Phi) is 3.94. The molecule has 0 aliphatic rings. The van der Waals surface area contributed by atoms with Crippen LogP contribution < -0.4 is 0 Å². The second-order valence-electron chi connectivity index (χ2n) is 4.33. The minimum absolute atomic E-state index is 0.00357. The van der Waals surface area contributed by atoms with Gasteiger partial charge in [-0.25, -0.2) is 14.2 Å². The lowest BCUT2D eigenvalue weighted by Crippen LogP contribution is -2.09. The van der Waals surface area contributed by atoms with Gasteiger partial charge in [-0.1, -0.05) is 13.0 Å². The highest BCUT2D eigenvalue weighted by Crippen LogP contribution is 2.14. The van der Waals surface area contributed by atoms with E-state index in [0.29, 0.717) is 12.1 Å². The van der Waals surface area contributed by atoms with Crippen molar-refractivity contribution in [2.75, 3.05) is 0 Å². The van der Waals surface area contributed by atoms with Gasteiger partial charge in [-0.2, -0.15) is 0 Å². The summed E-state index contributed by atoms with van der Waals surface area (Å²) in [4.78, 5) is 15.4. The monoisotopic (exact) mass is 262 g/mol. The summed E-state index contributed by atoms with van der Waals surface area (Å²) in [5.74, 6) is -0.754. The average molecular weight is 262 g/mol. The molecule has 2 rings (SSSR count). The van der Waals surface area contributed by atoms with Gasteiger partial charge < -0.3 is 9.67 Å². The largest absolute Gasteiger partial charge is 0.478 e. The van der Waals surface area contributed by atoms with Crippen molar-refractivity contribution < 1.29 is 14.3 Å². The lowest BCUT2D eigenvalue weighted by molar-refractivity contribution is 0.0695. The van der Waals surface area contributed by atoms with Crippen LogP contribution in [0.3, 0.4) is 0 Å². The molecule has 0 saturated heterocycles. The standard InChI is InChI=1S/C14H15FN2O2/c1-2-3-13-16-6-7-17(13)9-10-4-5-11(15)8-12(10)14(18)19/h4-8H,2-3,9H2,1H3,(H,18,19). The smallest absolute Gasteiger partial charge is 0.336 e. The molecule has 1 N–H and O–H groups in total. The summed E-state index contributed by atoms with van der Waals surface area (Å²) >= 11 is 0. The van der Waals surface area contributed by atoms with Crippen LogP contribution in [0.2, 0.25) is 0 Å². The fraction of sp³-hybridized carbons (Fsp3) is 0.286. The number of carbonyl (C=O) groups is 1. The van der Waals surface area contributed by atoms with Crippen LogP contribution in [0.1, 0.15) is 35.1 Å². The molecular weight excluding hydrogens is 247 g/mol. The zero-order valence-corrected chi connectivity index (χ0v) is 10.6. The Morgan fingerprint density at radius 3 is 2.95 bits per heavy atom. The highest BCUT2D eigenvalue weighted by atomic mass is 19.1. The Balaban J connectivity index is 2.32. The van der Waals surface area contributed by atoms with Gasteiger partial charge in [0.1, 0.15) is 11.6 Å². The second kappa shape index (κ2) is 5.65. The van der Waals surface area contributed by atoms with Gasteiger partial charge in [-0.15, -0.1) is 0 Å². The minimum Gasteiger partial charge on any atom is -0.478 e. The highest BCUT2D eigenvalue weighted by Gasteiger charge is 2.12. The molecule has 5 heteroatoms. The van der Waals surface area contributed by atoms with Gasteiger partial charge in [0.15, 0.2) is 0 Å². The first-order valence-electron chi connectivity index (χ1n) is 6.13. The maximum absolute atomic E-state index is 13.1. The Morgan fingerprint density at radius 2 is 2.26 bits per heavy atom. The van der Waals surface area contributed by atoms with Crippen molar-refractivity contribution in [2.45, 2.75) is 26.3 Å². The summed E-state index contributed by atoms with van der Waals surface area (Å²) in [5, 5.41) is 9.10. The number of halogens is 1. The van der Waals surface area contributed by atoms with E-state index in [1.54, 1.807) is 12.4 Å². The predicted octanol–water partition coefficient (Wildman–Crippen LogP) is 2.72. The maximum atomic E-state index is 13.1. The van der Waals surface area contributed by atoms with Crippen molar-refractivity contribution in [3.05, 3.63) is 53.4 Å². The number of hydrogen-bond acceptors (Lipinski definition) is 2. The first kappa shape index (κ1) is 13.3. The summed E-state index contributed by atoms with van der Waals surface area (Å²) in [6.45, 7) is 2.44. The average Bonchev–Trinajstić information content (AvgIpc) is 2.79. The molecule has 0 amide bonds. The third-order valence-electron chi connectivity index (χ3n) is 2.92. The SMILES string of the molecule is CCCc1nccn1Cc1ccc(F)cc1C(=O)O. The molecule has 1 aromatic carbocycles. The van der Waals surface area contributed by atoms with E-state index in [0.717, 1.165) is 24.7 Å². The number of benzene rings is 1. The molecule has 19 heavy (non-hydrogen) atoms. The van der Waals surface area contributed by atoms with Crippen LogP contribution in [0.5, 0.6) is 0 Å². The van der Waals surface area contributed by atoms with E-state index in [1.165, 1.54) is 12.1 Å². The number of nitrogens with zero attached hydrogens (tertiary/aromatic N) is 2. The summed E-state index contributed by atoms with van der Waals surface area (Å²) in [7, 11) is 0. The number of carboxylic acids is 1. The van der Waals surface area contributed by atoms with Crippen molar-refractivity contribution in [3.8, 4) is 0 Å². The molecule has 0 unspecified atom stereocenters. The Labute approximate surface area is 110 Å². The molecule has 100 valence electrons. The van der Waals surface area contributed by atoms with E-state index in [1.807, 2.05) is 4.57 Å². The maximum Gasteiger partial charge on any atom is 0.336 e. The third kappa shape index (κ3) is 2.99. The molecule has 0 radical (unpaired) electrons. The Bertz CT molecular complexity index is 593. The minimum atomic E-state index is -1.12. The quantitative estimate of drug-likeness (QED) is 0.901. The highest BCUT2D eigenvalue weighted by molar-refractivity contribution is 5.89. The zero-order valence-electron chi connectivity index (χ0n) is 10.6. The first-order valence-corrected chi connectivity index (χ1v) is 6.13. The number of carboxylic acid groups (broad SMARTS) is 1. The van der Waals surface area contributed by atoms with Crippen molar-refractivity contribution in [1.82, 2.24) is 9.55 Å². The molecule has 4 nitrogen and oxygen atoms in total. The van der Waals surface area contributed by atoms with Crippen molar-refractivity contribution in [2.24, 2.45) is 0 Å². The van der Waals surface area contributed by atoms with Gasteiger partial charge in [0, 0.05) is 25.4 Å². The zero-order chi connectivity index (χ0) is 13.8. The van der Waals surface area contributed by atoms with Crippen LogP contribution in [0.25, 0.3) is 0 Å². The lowest BCUT2D eigenvalue weighted by Gasteiger charge is -2.10. The fourth-order valence-electron chi connectivity index (χ4n) is 2.00. The van der Waals surface area contributed by atoms with Gasteiger partial charge in [0.05, 0.1) is 5.56 Å². The molecule has 0 atom stereocenters. The number of rotatable bonds is 5. The van der Waals surface area contributed by atoms with Gasteiger partial charge in [0.2, 0.25) is 0 Å². The molecule has 2 aromatic rings. The van der Waals surface area contributed by atoms with Gasteiger partial charge in [-0.3, -0.25) is 0 Å². The predicted molar refractivity (Wildman–Crippen MR) is 68.7 cm³/mol. The van der Waals surface area contributed by atoms with Gasteiger partial charge >= 0.3 is 5.97 Å². The van der Waals surface area contributed by atoms with Crippen molar-refractivity contribution >= 4 is 5.97 Å². The number of imidazole rings is 1. The van der Waals surface area contributed by atoms with Gasteiger partial charge in [-0.05, 0) is 24.1 Å². The summed E-state index contributed by atoms with van der Waals surface area (Å²) < 4.78 is 15.0. The van der Waals surface area contributed by atoms with E-state index >= 15 is 0 Å². The number of aryl methyl sites for hydroxylation is 1. The third-order valence-corrected chi connectivity index (χ3v) is 2.92. The molecule has 0 saturated carbocycles. The van der Waals surface area contributed by atoms with Crippen LogP contribution >= 0.6 is 0 Å². The van der Waals surface area contributed by atoms with E-state index < -0.39 is 11.8 Å². The summed E-state index contributed by atoms with van der Waals surface area (Å²) in [5.41, 5.74) is 0.570. The van der Waals surface area contributed by atoms with Crippen molar-refractivity contribution in [1.29, 1.82) is 0 Å². The number of aromatic carboxylic acids is 1. The van der Waals surface area contributed by atoms with Crippen LogP contribution in [-0.2, 0) is 13.0 Å². The Morgan fingerprint density at radius 1 is 1.47 bits per heavy atom. The topological polar surface area (TPSA) is 55.1 Å². The molecule has 0 aliphatic carbocycles. The van der Waals surface area contributed by atoms with E-state index in [2.05, 4.69) is 11.9 Å². The van der Waals surface area contributed by atoms with Crippen LogP contribution in [-0.4, -0.2) is 20.6 Å². The normalized spacial score (nSPS) is 10.6. The molecule has 0 fully saturated rings. The van der Waals surface area contributed by atoms with E-state index in [9.17, 15) is 9.18 Å². The van der Waals surface area contributed by atoms with E-state index in [4.69, 9.17) is 5.11 Å². The van der Waals surface area contributed by atoms with Gasteiger partial charge in [0.25, 0.3) is 0 Å². The summed E-state index contributed by atoms with van der Waals surface area (Å²) in [6.07, 6.45) is 5.29. The lowest BCUT2D eigenvalue weighted by atomic mass is 10.1. The molecular formula is C14H15FN2O2. The molecule has 1 heterocycles. The fourth-order valence-corrected chi connectivity index (χ4v) is 2.00. The molecule has 0 aliphatic heterocycles.